The zero-order chi connectivity index (χ0) is 14.1. The van der Waals surface area contributed by atoms with E-state index in [0.717, 1.165) is 17.0 Å². The molecule has 0 radical (unpaired) electrons. The van der Waals surface area contributed by atoms with Gasteiger partial charge in [-0.15, -0.1) is 0 Å². The van der Waals surface area contributed by atoms with Gasteiger partial charge in [-0.05, 0) is 24.2 Å². The quantitative estimate of drug-likeness (QED) is 0.853. The van der Waals surface area contributed by atoms with E-state index in [4.69, 9.17) is 0 Å². The summed E-state index contributed by atoms with van der Waals surface area (Å²) in [6.07, 6.45) is 0.566. The summed E-state index contributed by atoms with van der Waals surface area (Å²) < 4.78 is 0. The number of nitrogens with one attached hydrogen (secondary N) is 1. The Kier molecular flexibility index (Phi) is 3.53. The first kappa shape index (κ1) is 13.2. The molecule has 2 heterocycles. The number of aromatic amines is 1. The van der Waals surface area contributed by atoms with Crippen LogP contribution in [-0.2, 0) is 4.79 Å². The third-order valence-corrected chi connectivity index (χ3v) is 4.26. The van der Waals surface area contributed by atoms with Crippen molar-refractivity contribution in [2.24, 2.45) is 5.92 Å². The van der Waals surface area contributed by atoms with Crippen molar-refractivity contribution < 1.29 is 4.79 Å². The summed E-state index contributed by atoms with van der Waals surface area (Å²) >= 11 is 4.28. The molecule has 0 spiro atoms. The average molecular weight is 287 g/mol. The molecule has 1 atom stereocenters. The number of aromatic nitrogens is 2. The Morgan fingerprint density at radius 3 is 2.95 bits per heavy atom. The number of anilines is 1. The number of hydrogen-bond acceptors (Lipinski definition) is 3. The van der Waals surface area contributed by atoms with Gasteiger partial charge >= 0.3 is 0 Å². The minimum atomic E-state index is 0.131. The normalized spacial score (nSPS) is 18.8. The molecular weight excluding hydrogens is 270 g/mol. The number of nitrogens with zero attached hydrogens (tertiary/aromatic N) is 2. The van der Waals surface area contributed by atoms with E-state index in [1.54, 1.807) is 4.90 Å². The Morgan fingerprint density at radius 1 is 1.45 bits per heavy atom. The summed E-state index contributed by atoms with van der Waals surface area (Å²) in [6.45, 7) is 2.77. The van der Waals surface area contributed by atoms with Gasteiger partial charge in [-0.3, -0.25) is 14.8 Å². The van der Waals surface area contributed by atoms with Crippen LogP contribution in [0.1, 0.15) is 12.0 Å². The number of amides is 1. The van der Waals surface area contributed by atoms with Gasteiger partial charge in [0, 0.05) is 24.6 Å². The van der Waals surface area contributed by atoms with Crippen molar-refractivity contribution in [3.63, 3.8) is 0 Å². The molecule has 0 bridgehead atoms. The van der Waals surface area contributed by atoms with Crippen molar-refractivity contribution in [3.05, 3.63) is 35.9 Å². The van der Waals surface area contributed by atoms with Gasteiger partial charge in [0.25, 0.3) is 0 Å². The van der Waals surface area contributed by atoms with E-state index in [0.29, 0.717) is 24.7 Å². The van der Waals surface area contributed by atoms with Gasteiger partial charge in [0.05, 0.1) is 5.69 Å². The van der Waals surface area contributed by atoms with E-state index in [2.05, 4.69) is 41.9 Å². The predicted molar refractivity (Wildman–Crippen MR) is 83.1 cm³/mol. The second-order valence-corrected chi connectivity index (χ2v) is 5.58. The van der Waals surface area contributed by atoms with E-state index in [-0.39, 0.29) is 5.91 Å². The molecule has 1 aliphatic heterocycles. The molecule has 2 aromatic rings. The number of hydrogen-bond donors (Lipinski definition) is 2. The van der Waals surface area contributed by atoms with E-state index >= 15 is 0 Å². The second-order valence-electron chi connectivity index (χ2n) is 5.21. The van der Waals surface area contributed by atoms with Crippen molar-refractivity contribution >= 4 is 24.4 Å². The standard InChI is InChI=1S/C15H17N3OS/c1-10-4-2-3-5-12(10)13-7-14(17-16-13)18-8-11(9-20)6-15(18)19/h2-5,7,11,20H,6,8-9H2,1H3,(H,16,17). The van der Waals surface area contributed by atoms with Crippen LogP contribution in [-0.4, -0.2) is 28.4 Å². The zero-order valence-corrected chi connectivity index (χ0v) is 12.2. The van der Waals surface area contributed by atoms with Gasteiger partial charge in [0.1, 0.15) is 0 Å². The fourth-order valence-electron chi connectivity index (χ4n) is 2.59. The summed E-state index contributed by atoms with van der Waals surface area (Å²) in [4.78, 5) is 13.7. The molecule has 1 aliphatic rings. The van der Waals surface area contributed by atoms with Gasteiger partial charge in [-0.25, -0.2) is 0 Å². The van der Waals surface area contributed by atoms with Crippen LogP contribution in [0.4, 0.5) is 5.82 Å². The smallest absolute Gasteiger partial charge is 0.228 e. The second kappa shape index (κ2) is 5.32. The van der Waals surface area contributed by atoms with Crippen LogP contribution < -0.4 is 4.90 Å². The summed E-state index contributed by atoms with van der Waals surface area (Å²) in [6, 6.07) is 10.1. The maximum atomic E-state index is 12.0. The summed E-state index contributed by atoms with van der Waals surface area (Å²) in [7, 11) is 0. The molecular formula is C15H17N3OS. The molecule has 1 amide bonds. The van der Waals surface area contributed by atoms with Gasteiger partial charge in [0.15, 0.2) is 5.82 Å². The highest BCUT2D eigenvalue weighted by molar-refractivity contribution is 7.80. The maximum absolute atomic E-state index is 12.0. The molecule has 1 unspecified atom stereocenters. The number of aryl methyl sites for hydroxylation is 1. The summed E-state index contributed by atoms with van der Waals surface area (Å²) in [5, 5.41) is 7.32. The zero-order valence-electron chi connectivity index (χ0n) is 11.3. The van der Waals surface area contributed by atoms with Crippen LogP contribution in [0.2, 0.25) is 0 Å². The lowest BCUT2D eigenvalue weighted by Gasteiger charge is -2.12. The average Bonchev–Trinajstić information content (AvgIpc) is 3.05. The van der Waals surface area contributed by atoms with Crippen molar-refractivity contribution in [2.75, 3.05) is 17.2 Å². The number of thiol groups is 1. The fraction of sp³-hybridized carbons (Fsp3) is 0.333. The Morgan fingerprint density at radius 2 is 2.25 bits per heavy atom. The van der Waals surface area contributed by atoms with Crippen molar-refractivity contribution in [1.82, 2.24) is 10.2 Å². The van der Waals surface area contributed by atoms with E-state index < -0.39 is 0 Å². The highest BCUT2D eigenvalue weighted by Crippen LogP contribution is 2.28. The molecule has 1 fully saturated rings. The molecule has 1 aromatic heterocycles. The number of H-pyrrole nitrogens is 1. The van der Waals surface area contributed by atoms with Gasteiger partial charge in [-0.1, -0.05) is 24.3 Å². The monoisotopic (exact) mass is 287 g/mol. The number of benzene rings is 1. The fourth-order valence-corrected chi connectivity index (χ4v) is 2.83. The van der Waals surface area contributed by atoms with E-state index in [1.807, 2.05) is 18.2 Å². The van der Waals surface area contributed by atoms with Gasteiger partial charge < -0.3 is 0 Å². The van der Waals surface area contributed by atoms with Crippen molar-refractivity contribution in [2.45, 2.75) is 13.3 Å². The minimum absolute atomic E-state index is 0.131. The van der Waals surface area contributed by atoms with E-state index in [9.17, 15) is 4.79 Å². The van der Waals surface area contributed by atoms with Crippen LogP contribution in [0.15, 0.2) is 30.3 Å². The Balaban J connectivity index is 1.88. The molecule has 5 heteroatoms. The number of carbonyl (C=O) groups excluding carboxylic acids is 1. The van der Waals surface area contributed by atoms with Crippen molar-refractivity contribution in [1.29, 1.82) is 0 Å². The number of carbonyl (C=O) groups is 1. The molecule has 104 valence electrons. The Hall–Kier alpha value is -1.75. The van der Waals surface area contributed by atoms with Crippen LogP contribution in [0.3, 0.4) is 0 Å². The summed E-state index contributed by atoms with van der Waals surface area (Å²) in [5.74, 6) is 1.89. The largest absolute Gasteiger partial charge is 0.295 e. The first-order chi connectivity index (χ1) is 9.69. The lowest BCUT2D eigenvalue weighted by Crippen LogP contribution is -2.24. The first-order valence-electron chi connectivity index (χ1n) is 6.71. The van der Waals surface area contributed by atoms with Crippen LogP contribution >= 0.6 is 12.6 Å². The third-order valence-electron chi connectivity index (χ3n) is 3.74. The molecule has 1 aromatic carbocycles. The van der Waals surface area contributed by atoms with E-state index in [1.165, 1.54) is 5.56 Å². The molecule has 3 rings (SSSR count). The number of rotatable bonds is 3. The third kappa shape index (κ3) is 2.33. The minimum Gasteiger partial charge on any atom is -0.295 e. The Labute approximate surface area is 123 Å². The van der Waals surface area contributed by atoms with Crippen molar-refractivity contribution in [3.8, 4) is 11.3 Å². The van der Waals surface area contributed by atoms with Crippen LogP contribution in [0.5, 0.6) is 0 Å². The van der Waals surface area contributed by atoms with Gasteiger partial charge in [-0.2, -0.15) is 17.7 Å². The highest BCUT2D eigenvalue weighted by atomic mass is 32.1. The molecule has 0 aliphatic carbocycles. The van der Waals surface area contributed by atoms with Crippen LogP contribution in [0.25, 0.3) is 11.3 Å². The Bertz CT molecular complexity index is 638. The predicted octanol–water partition coefficient (Wildman–Crippen LogP) is 2.67. The molecule has 1 saturated heterocycles. The molecule has 4 nitrogen and oxygen atoms in total. The topological polar surface area (TPSA) is 49.0 Å². The molecule has 1 N–H and O–H groups in total. The lowest BCUT2D eigenvalue weighted by molar-refractivity contribution is -0.117. The summed E-state index contributed by atoms with van der Waals surface area (Å²) in [5.41, 5.74) is 3.24. The van der Waals surface area contributed by atoms with Gasteiger partial charge in [0.2, 0.25) is 5.91 Å². The SMILES string of the molecule is Cc1ccccc1-c1cc(N2CC(CS)CC2=O)n[nH]1. The maximum Gasteiger partial charge on any atom is 0.228 e. The first-order valence-corrected chi connectivity index (χ1v) is 7.35. The van der Waals surface area contributed by atoms with Crippen LogP contribution in [0, 0.1) is 12.8 Å². The molecule has 20 heavy (non-hydrogen) atoms. The highest BCUT2D eigenvalue weighted by Gasteiger charge is 2.31. The lowest BCUT2D eigenvalue weighted by atomic mass is 10.1. The molecule has 0 saturated carbocycles.